The highest BCUT2D eigenvalue weighted by Crippen LogP contribution is 2.22. The van der Waals surface area contributed by atoms with Crippen LogP contribution in [0.4, 0.5) is 0 Å². The van der Waals surface area contributed by atoms with Gasteiger partial charge in [-0.05, 0) is 24.5 Å². The van der Waals surface area contributed by atoms with E-state index < -0.39 is 0 Å². The van der Waals surface area contributed by atoms with Gasteiger partial charge in [0.2, 0.25) is 0 Å². The standard InChI is InChI=1S/C11H14ClNO2S/c1-13(5-6-16-2)11(15)9-7-8(12)3-4-10(9)14/h3-4,7,14H,5-6H2,1-2H3. The number of hydrogen-bond acceptors (Lipinski definition) is 3. The lowest BCUT2D eigenvalue weighted by atomic mass is 10.2. The Kier molecular flexibility index (Phi) is 4.96. The molecule has 0 bridgehead atoms. The molecule has 88 valence electrons. The van der Waals surface area contributed by atoms with E-state index in [1.54, 1.807) is 29.8 Å². The fourth-order valence-electron chi connectivity index (χ4n) is 1.21. The normalized spacial score (nSPS) is 10.2. The summed E-state index contributed by atoms with van der Waals surface area (Å²) in [4.78, 5) is 13.5. The third-order valence-corrected chi connectivity index (χ3v) is 2.99. The van der Waals surface area contributed by atoms with Crippen molar-refractivity contribution in [2.75, 3.05) is 25.6 Å². The van der Waals surface area contributed by atoms with Crippen LogP contribution in [-0.4, -0.2) is 41.5 Å². The molecule has 1 aromatic rings. The number of aromatic hydroxyl groups is 1. The molecule has 1 aromatic carbocycles. The van der Waals surface area contributed by atoms with Crippen molar-refractivity contribution in [2.24, 2.45) is 0 Å². The van der Waals surface area contributed by atoms with E-state index in [9.17, 15) is 9.90 Å². The first-order valence-corrected chi connectivity index (χ1v) is 6.56. The minimum atomic E-state index is -0.214. The highest BCUT2D eigenvalue weighted by atomic mass is 35.5. The first-order valence-electron chi connectivity index (χ1n) is 4.79. The Hall–Kier alpha value is -0.870. The fraction of sp³-hybridized carbons (Fsp3) is 0.364. The van der Waals surface area contributed by atoms with Crippen LogP contribution < -0.4 is 0 Å². The van der Waals surface area contributed by atoms with Gasteiger partial charge in [-0.1, -0.05) is 11.6 Å². The van der Waals surface area contributed by atoms with E-state index in [0.717, 1.165) is 5.75 Å². The molecule has 0 unspecified atom stereocenters. The van der Waals surface area contributed by atoms with Gasteiger partial charge in [-0.25, -0.2) is 0 Å². The third kappa shape index (κ3) is 3.32. The summed E-state index contributed by atoms with van der Waals surface area (Å²) in [6.07, 6.45) is 1.98. The maximum absolute atomic E-state index is 11.9. The number of phenolic OH excluding ortho intramolecular Hbond substituents is 1. The average Bonchev–Trinajstić information content (AvgIpc) is 2.28. The van der Waals surface area contributed by atoms with Crippen molar-refractivity contribution in [3.05, 3.63) is 28.8 Å². The fourth-order valence-corrected chi connectivity index (χ4v) is 1.84. The molecule has 0 aliphatic carbocycles. The first kappa shape index (κ1) is 13.2. The predicted molar refractivity (Wildman–Crippen MR) is 68.5 cm³/mol. The zero-order valence-electron chi connectivity index (χ0n) is 9.24. The molecule has 1 rings (SSSR count). The van der Waals surface area contributed by atoms with Gasteiger partial charge in [0.25, 0.3) is 5.91 Å². The second-order valence-electron chi connectivity index (χ2n) is 3.38. The molecule has 0 saturated carbocycles. The molecule has 0 radical (unpaired) electrons. The molecule has 5 heteroatoms. The summed E-state index contributed by atoms with van der Waals surface area (Å²) in [7, 11) is 1.71. The minimum absolute atomic E-state index is 0.0367. The smallest absolute Gasteiger partial charge is 0.257 e. The Morgan fingerprint density at radius 2 is 2.25 bits per heavy atom. The van der Waals surface area contributed by atoms with E-state index in [1.807, 2.05) is 6.26 Å². The number of hydrogen-bond donors (Lipinski definition) is 1. The van der Waals surface area contributed by atoms with Crippen LogP contribution in [0.1, 0.15) is 10.4 Å². The zero-order valence-corrected chi connectivity index (χ0v) is 10.8. The lowest BCUT2D eigenvalue weighted by Gasteiger charge is -2.17. The molecule has 16 heavy (non-hydrogen) atoms. The number of phenols is 1. The Morgan fingerprint density at radius 1 is 1.56 bits per heavy atom. The predicted octanol–water partition coefficient (Wildman–Crippen LogP) is 2.48. The number of carbonyl (C=O) groups is 1. The van der Waals surface area contributed by atoms with Crippen molar-refractivity contribution in [2.45, 2.75) is 0 Å². The van der Waals surface area contributed by atoms with Crippen molar-refractivity contribution in [1.29, 1.82) is 0 Å². The number of benzene rings is 1. The molecule has 1 N–H and O–H groups in total. The van der Waals surface area contributed by atoms with Crippen LogP contribution in [0.15, 0.2) is 18.2 Å². The number of nitrogens with zero attached hydrogens (tertiary/aromatic N) is 1. The summed E-state index contributed by atoms with van der Waals surface area (Å²) >= 11 is 7.45. The third-order valence-electron chi connectivity index (χ3n) is 2.17. The van der Waals surface area contributed by atoms with Crippen molar-refractivity contribution in [1.82, 2.24) is 4.90 Å². The molecule has 0 aliphatic heterocycles. The quantitative estimate of drug-likeness (QED) is 0.903. The lowest BCUT2D eigenvalue weighted by Crippen LogP contribution is -2.28. The molecule has 0 aliphatic rings. The summed E-state index contributed by atoms with van der Waals surface area (Å²) in [6, 6.07) is 4.46. The van der Waals surface area contributed by atoms with Gasteiger partial charge in [0.05, 0.1) is 5.56 Å². The van der Waals surface area contributed by atoms with Crippen LogP contribution in [0.25, 0.3) is 0 Å². The molecule has 0 fully saturated rings. The summed E-state index contributed by atoms with van der Waals surface area (Å²) in [6.45, 7) is 0.645. The number of thioether (sulfide) groups is 1. The highest BCUT2D eigenvalue weighted by molar-refractivity contribution is 7.98. The van der Waals surface area contributed by atoms with Gasteiger partial charge in [-0.3, -0.25) is 4.79 Å². The molecule has 0 saturated heterocycles. The average molecular weight is 260 g/mol. The van der Waals surface area contributed by atoms with Crippen LogP contribution >= 0.6 is 23.4 Å². The van der Waals surface area contributed by atoms with E-state index in [0.29, 0.717) is 11.6 Å². The van der Waals surface area contributed by atoms with E-state index in [2.05, 4.69) is 0 Å². The Labute approximate surface area is 104 Å². The number of carbonyl (C=O) groups excluding carboxylic acids is 1. The van der Waals surface area contributed by atoms with Crippen LogP contribution in [0.2, 0.25) is 5.02 Å². The van der Waals surface area contributed by atoms with Crippen LogP contribution in [-0.2, 0) is 0 Å². The topological polar surface area (TPSA) is 40.5 Å². The van der Waals surface area contributed by atoms with Gasteiger partial charge in [-0.15, -0.1) is 0 Å². The molecule has 3 nitrogen and oxygen atoms in total. The van der Waals surface area contributed by atoms with Crippen molar-refractivity contribution < 1.29 is 9.90 Å². The zero-order chi connectivity index (χ0) is 12.1. The summed E-state index contributed by atoms with van der Waals surface area (Å²) in [5.41, 5.74) is 0.246. The van der Waals surface area contributed by atoms with Gasteiger partial charge in [0, 0.05) is 24.4 Å². The first-order chi connectivity index (χ1) is 7.56. The van der Waals surface area contributed by atoms with Crippen molar-refractivity contribution >= 4 is 29.3 Å². The second-order valence-corrected chi connectivity index (χ2v) is 4.80. The molecule has 0 heterocycles. The summed E-state index contributed by atoms with van der Waals surface area (Å²) in [5, 5.41) is 10.0. The lowest BCUT2D eigenvalue weighted by molar-refractivity contribution is 0.0801. The molecular formula is C11H14ClNO2S. The largest absolute Gasteiger partial charge is 0.507 e. The highest BCUT2D eigenvalue weighted by Gasteiger charge is 2.15. The summed E-state index contributed by atoms with van der Waals surface area (Å²) in [5.74, 6) is 0.614. The maximum atomic E-state index is 11.9. The number of halogens is 1. The molecule has 0 spiro atoms. The SMILES string of the molecule is CSCCN(C)C(=O)c1cc(Cl)ccc1O. The van der Waals surface area contributed by atoms with Crippen molar-refractivity contribution in [3.8, 4) is 5.75 Å². The maximum Gasteiger partial charge on any atom is 0.257 e. The minimum Gasteiger partial charge on any atom is -0.507 e. The van der Waals surface area contributed by atoms with Gasteiger partial charge in [0.1, 0.15) is 5.75 Å². The van der Waals surface area contributed by atoms with E-state index >= 15 is 0 Å². The molecule has 0 atom stereocenters. The Balaban J connectivity index is 2.83. The van der Waals surface area contributed by atoms with Crippen molar-refractivity contribution in [3.63, 3.8) is 0 Å². The molecular weight excluding hydrogens is 246 g/mol. The van der Waals surface area contributed by atoms with Crippen LogP contribution in [0, 0.1) is 0 Å². The van der Waals surface area contributed by atoms with E-state index in [1.165, 1.54) is 12.1 Å². The van der Waals surface area contributed by atoms with Gasteiger partial charge in [-0.2, -0.15) is 11.8 Å². The monoisotopic (exact) mass is 259 g/mol. The number of amides is 1. The number of rotatable bonds is 4. The van der Waals surface area contributed by atoms with Crippen LogP contribution in [0.3, 0.4) is 0 Å². The Bertz CT molecular complexity index is 384. The van der Waals surface area contributed by atoms with E-state index in [4.69, 9.17) is 11.6 Å². The van der Waals surface area contributed by atoms with Crippen LogP contribution in [0.5, 0.6) is 5.75 Å². The van der Waals surface area contributed by atoms with Gasteiger partial charge < -0.3 is 10.0 Å². The van der Waals surface area contributed by atoms with E-state index in [-0.39, 0.29) is 17.2 Å². The summed E-state index contributed by atoms with van der Waals surface area (Å²) < 4.78 is 0. The Morgan fingerprint density at radius 3 is 2.88 bits per heavy atom. The molecule has 0 aromatic heterocycles. The second kappa shape index (κ2) is 6.01. The van der Waals surface area contributed by atoms with Gasteiger partial charge in [0.15, 0.2) is 0 Å². The van der Waals surface area contributed by atoms with Gasteiger partial charge >= 0.3 is 0 Å². The molecule has 1 amide bonds.